The first kappa shape index (κ1) is 13.8. The molecule has 0 nitrogen and oxygen atoms in total. The fourth-order valence-corrected chi connectivity index (χ4v) is 2.40. The Morgan fingerprint density at radius 1 is 0.667 bits per heavy atom. The minimum absolute atomic E-state index is 0.172. The van der Waals surface area contributed by atoms with Crippen LogP contribution in [0.5, 0.6) is 0 Å². The van der Waals surface area contributed by atoms with Crippen molar-refractivity contribution in [2.75, 3.05) is 0 Å². The fourth-order valence-electron chi connectivity index (χ4n) is 2.27. The van der Waals surface area contributed by atoms with Crippen molar-refractivity contribution in [1.29, 1.82) is 0 Å². The monoisotopic (exact) mass is 296 g/mol. The number of hydrogen-bond acceptors (Lipinski definition) is 0. The molecule has 0 aliphatic rings. The van der Waals surface area contributed by atoms with Gasteiger partial charge in [-0.25, -0.2) is 4.39 Å². The first-order chi connectivity index (χ1) is 10.1. The number of hydrogen-bond donors (Lipinski definition) is 0. The molecule has 0 aliphatic carbocycles. The Bertz CT molecular complexity index is 759. The maximum Gasteiger partial charge on any atom is 0.126 e. The van der Waals surface area contributed by atoms with Gasteiger partial charge in [0.15, 0.2) is 0 Å². The molecule has 0 atom stereocenters. The molecule has 0 amide bonds. The topological polar surface area (TPSA) is 0 Å². The summed E-state index contributed by atoms with van der Waals surface area (Å²) in [5, 5.41) is 0.727. The highest BCUT2D eigenvalue weighted by atomic mass is 35.5. The Morgan fingerprint density at radius 3 is 1.62 bits per heavy atom. The van der Waals surface area contributed by atoms with Crippen LogP contribution in [0.25, 0.3) is 22.3 Å². The number of rotatable bonds is 2. The zero-order valence-corrected chi connectivity index (χ0v) is 12.4. The van der Waals surface area contributed by atoms with Gasteiger partial charge in [-0.2, -0.15) is 0 Å². The van der Waals surface area contributed by atoms with Crippen LogP contribution in [0.15, 0.2) is 66.7 Å². The van der Waals surface area contributed by atoms with Crippen LogP contribution >= 0.6 is 11.6 Å². The summed E-state index contributed by atoms with van der Waals surface area (Å²) in [5.74, 6) is -0.172. The molecule has 3 aromatic rings. The van der Waals surface area contributed by atoms with Gasteiger partial charge in [-0.1, -0.05) is 60.1 Å². The molecule has 3 rings (SSSR count). The second kappa shape index (κ2) is 5.71. The zero-order chi connectivity index (χ0) is 14.8. The van der Waals surface area contributed by atoms with Crippen LogP contribution in [0.2, 0.25) is 5.02 Å². The van der Waals surface area contributed by atoms with Gasteiger partial charge >= 0.3 is 0 Å². The van der Waals surface area contributed by atoms with Crippen LogP contribution < -0.4 is 0 Å². The van der Waals surface area contributed by atoms with Crippen LogP contribution in [0.3, 0.4) is 0 Å². The second-order valence-electron chi connectivity index (χ2n) is 5.05. The van der Waals surface area contributed by atoms with Gasteiger partial charge in [0.2, 0.25) is 0 Å². The molecular weight excluding hydrogens is 283 g/mol. The average molecular weight is 297 g/mol. The summed E-state index contributed by atoms with van der Waals surface area (Å²) in [5.41, 5.74) is 4.79. The van der Waals surface area contributed by atoms with Crippen LogP contribution in [0.4, 0.5) is 4.39 Å². The Hall–Kier alpha value is -2.12. The van der Waals surface area contributed by atoms with E-state index in [1.54, 1.807) is 19.1 Å². The summed E-state index contributed by atoms with van der Waals surface area (Å²) in [6.07, 6.45) is 0. The van der Waals surface area contributed by atoms with Gasteiger partial charge in [0.25, 0.3) is 0 Å². The highest BCUT2D eigenvalue weighted by molar-refractivity contribution is 6.30. The van der Waals surface area contributed by atoms with Crippen molar-refractivity contribution in [2.24, 2.45) is 0 Å². The average Bonchev–Trinajstić information content (AvgIpc) is 2.51. The lowest BCUT2D eigenvalue weighted by Gasteiger charge is -2.06. The second-order valence-corrected chi connectivity index (χ2v) is 5.48. The zero-order valence-electron chi connectivity index (χ0n) is 11.6. The molecule has 0 bridgehead atoms. The van der Waals surface area contributed by atoms with E-state index in [9.17, 15) is 4.39 Å². The molecular formula is C19H14ClF. The fraction of sp³-hybridized carbons (Fsp3) is 0.0526. The third kappa shape index (κ3) is 2.98. The summed E-state index contributed by atoms with van der Waals surface area (Å²) in [6, 6.07) is 21.1. The van der Waals surface area contributed by atoms with E-state index in [1.807, 2.05) is 54.6 Å². The molecule has 0 unspecified atom stereocenters. The third-order valence-corrected chi connectivity index (χ3v) is 3.82. The SMILES string of the molecule is Cc1ccc(-c2ccc(-c3ccc(Cl)cc3)cc2)cc1F. The van der Waals surface area contributed by atoms with Crippen molar-refractivity contribution in [2.45, 2.75) is 6.92 Å². The molecule has 3 aromatic carbocycles. The van der Waals surface area contributed by atoms with E-state index in [4.69, 9.17) is 11.6 Å². The third-order valence-electron chi connectivity index (χ3n) is 3.57. The van der Waals surface area contributed by atoms with Crippen molar-refractivity contribution in [3.05, 3.63) is 83.1 Å². The molecule has 104 valence electrons. The highest BCUT2D eigenvalue weighted by Gasteiger charge is 2.03. The molecule has 0 saturated carbocycles. The van der Waals surface area contributed by atoms with Crippen molar-refractivity contribution in [3.8, 4) is 22.3 Å². The first-order valence-corrected chi connectivity index (χ1v) is 7.14. The van der Waals surface area contributed by atoms with Crippen molar-refractivity contribution in [3.63, 3.8) is 0 Å². The predicted octanol–water partition coefficient (Wildman–Crippen LogP) is 6.12. The summed E-state index contributed by atoms with van der Waals surface area (Å²) >= 11 is 5.90. The predicted molar refractivity (Wildman–Crippen MR) is 87.0 cm³/mol. The smallest absolute Gasteiger partial charge is 0.126 e. The standard InChI is InChI=1S/C19H14ClF/c1-13-2-3-17(12-19(13)21)16-6-4-14(5-7-16)15-8-10-18(20)11-9-15/h2-12H,1H3. The van der Waals surface area contributed by atoms with E-state index in [-0.39, 0.29) is 5.82 Å². The quantitative estimate of drug-likeness (QED) is 0.534. The van der Waals surface area contributed by atoms with Crippen molar-refractivity contribution in [1.82, 2.24) is 0 Å². The summed E-state index contributed by atoms with van der Waals surface area (Å²) in [6.45, 7) is 1.77. The lowest BCUT2D eigenvalue weighted by Crippen LogP contribution is -1.85. The van der Waals surface area contributed by atoms with Gasteiger partial charge in [0.1, 0.15) is 5.82 Å². The number of halogens is 2. The van der Waals surface area contributed by atoms with Crippen LogP contribution in [-0.4, -0.2) is 0 Å². The Balaban J connectivity index is 1.93. The van der Waals surface area contributed by atoms with Crippen LogP contribution in [0.1, 0.15) is 5.56 Å². The van der Waals surface area contributed by atoms with Gasteiger partial charge in [-0.05, 0) is 52.9 Å². The lowest BCUT2D eigenvalue weighted by molar-refractivity contribution is 0.619. The Morgan fingerprint density at radius 2 is 1.10 bits per heavy atom. The highest BCUT2D eigenvalue weighted by Crippen LogP contribution is 2.26. The summed E-state index contributed by atoms with van der Waals surface area (Å²) < 4.78 is 13.6. The molecule has 0 aromatic heterocycles. The lowest BCUT2D eigenvalue weighted by atomic mass is 9.99. The molecule has 0 radical (unpaired) electrons. The Kier molecular flexibility index (Phi) is 3.76. The van der Waals surface area contributed by atoms with E-state index >= 15 is 0 Å². The van der Waals surface area contributed by atoms with Crippen molar-refractivity contribution < 1.29 is 4.39 Å². The minimum atomic E-state index is -0.172. The minimum Gasteiger partial charge on any atom is -0.207 e. The van der Waals surface area contributed by atoms with Gasteiger partial charge in [-0.15, -0.1) is 0 Å². The maximum atomic E-state index is 13.6. The Labute approximate surface area is 128 Å². The molecule has 0 heterocycles. The van der Waals surface area contributed by atoms with E-state index in [0.717, 1.165) is 27.3 Å². The van der Waals surface area contributed by atoms with E-state index in [0.29, 0.717) is 5.56 Å². The molecule has 21 heavy (non-hydrogen) atoms. The van der Waals surface area contributed by atoms with Crippen LogP contribution in [0, 0.1) is 12.7 Å². The van der Waals surface area contributed by atoms with Gasteiger partial charge in [0.05, 0.1) is 0 Å². The summed E-state index contributed by atoms with van der Waals surface area (Å²) in [4.78, 5) is 0. The largest absolute Gasteiger partial charge is 0.207 e. The molecule has 0 aliphatic heterocycles. The molecule has 0 spiro atoms. The molecule has 0 saturated heterocycles. The van der Waals surface area contributed by atoms with Gasteiger partial charge < -0.3 is 0 Å². The van der Waals surface area contributed by atoms with E-state index < -0.39 is 0 Å². The maximum absolute atomic E-state index is 13.6. The van der Waals surface area contributed by atoms with Crippen molar-refractivity contribution >= 4 is 11.6 Å². The number of aryl methyl sites for hydroxylation is 1. The molecule has 2 heteroatoms. The first-order valence-electron chi connectivity index (χ1n) is 6.76. The van der Waals surface area contributed by atoms with E-state index in [2.05, 4.69) is 0 Å². The van der Waals surface area contributed by atoms with Crippen LogP contribution in [-0.2, 0) is 0 Å². The van der Waals surface area contributed by atoms with Gasteiger partial charge in [0, 0.05) is 5.02 Å². The molecule has 0 fully saturated rings. The van der Waals surface area contributed by atoms with Gasteiger partial charge in [-0.3, -0.25) is 0 Å². The summed E-state index contributed by atoms with van der Waals surface area (Å²) in [7, 11) is 0. The number of benzene rings is 3. The molecule has 0 N–H and O–H groups in total. The normalized spacial score (nSPS) is 10.6. The van der Waals surface area contributed by atoms with E-state index in [1.165, 1.54) is 0 Å².